The molecule has 0 N–H and O–H groups in total. The minimum atomic E-state index is -0.300. The second-order valence-electron chi connectivity index (χ2n) is 2.58. The van der Waals surface area contributed by atoms with E-state index in [-0.39, 0.29) is 5.82 Å². The minimum Gasteiger partial charge on any atom is -0.301 e. The molecule has 0 fully saturated rings. The van der Waals surface area contributed by atoms with Gasteiger partial charge in [0.1, 0.15) is 4.60 Å². The van der Waals surface area contributed by atoms with Gasteiger partial charge in [-0.1, -0.05) is 0 Å². The predicted octanol–water partition coefficient (Wildman–Crippen LogP) is 2.54. The molecule has 0 aliphatic heterocycles. The minimum absolute atomic E-state index is 0.300. The van der Waals surface area contributed by atoms with Crippen molar-refractivity contribution in [1.82, 2.24) is 9.38 Å². The van der Waals surface area contributed by atoms with E-state index in [4.69, 9.17) is 0 Å². The van der Waals surface area contributed by atoms with Crippen molar-refractivity contribution in [2.75, 3.05) is 0 Å². The number of aryl methyl sites for hydroxylation is 1. The molecule has 0 saturated heterocycles. The topological polar surface area (TPSA) is 17.3 Å². The lowest BCUT2D eigenvalue weighted by Gasteiger charge is -1.97. The molecule has 0 atom stereocenters. The largest absolute Gasteiger partial charge is 0.301 e. The van der Waals surface area contributed by atoms with Gasteiger partial charge in [-0.15, -0.1) is 0 Å². The van der Waals surface area contributed by atoms with Gasteiger partial charge in [0, 0.05) is 11.9 Å². The Kier molecular flexibility index (Phi) is 1.65. The van der Waals surface area contributed by atoms with E-state index in [0.717, 1.165) is 5.69 Å². The molecule has 0 bridgehead atoms. The average molecular weight is 229 g/mol. The van der Waals surface area contributed by atoms with Crippen molar-refractivity contribution >= 4 is 21.6 Å². The second kappa shape index (κ2) is 2.55. The third-order valence-corrected chi connectivity index (χ3v) is 2.12. The fraction of sp³-hybridized carbons (Fsp3) is 0.125. The van der Waals surface area contributed by atoms with E-state index in [2.05, 4.69) is 20.9 Å². The predicted molar refractivity (Wildman–Crippen MR) is 47.6 cm³/mol. The summed E-state index contributed by atoms with van der Waals surface area (Å²) in [5.74, 6) is -0.300. The standard InChI is InChI=1S/C8H6BrFN2/c1-5-2-3-6(10)8-11-7(9)4-12(5)8/h2-4H,1H3. The fourth-order valence-corrected chi connectivity index (χ4v) is 1.51. The molecule has 4 heteroatoms. The van der Waals surface area contributed by atoms with Crippen LogP contribution in [-0.2, 0) is 0 Å². The summed E-state index contributed by atoms with van der Waals surface area (Å²) in [6.45, 7) is 1.90. The molecule has 62 valence electrons. The number of fused-ring (bicyclic) bond motifs is 1. The van der Waals surface area contributed by atoms with Gasteiger partial charge in [-0.25, -0.2) is 9.37 Å². The van der Waals surface area contributed by atoms with E-state index in [1.54, 1.807) is 16.7 Å². The number of aromatic nitrogens is 2. The highest BCUT2D eigenvalue weighted by atomic mass is 79.9. The number of halogens is 2. The van der Waals surface area contributed by atoms with Crippen LogP contribution in [0.25, 0.3) is 5.65 Å². The molecule has 0 aliphatic rings. The Hall–Kier alpha value is -0.900. The molecule has 0 amide bonds. The lowest BCUT2D eigenvalue weighted by Crippen LogP contribution is -1.91. The normalized spacial score (nSPS) is 10.9. The molecule has 0 aromatic carbocycles. The summed E-state index contributed by atoms with van der Waals surface area (Å²) >= 11 is 3.19. The van der Waals surface area contributed by atoms with E-state index in [0.29, 0.717) is 10.3 Å². The first-order valence-electron chi connectivity index (χ1n) is 3.48. The Morgan fingerprint density at radius 2 is 2.25 bits per heavy atom. The Bertz CT molecular complexity index is 397. The smallest absolute Gasteiger partial charge is 0.174 e. The van der Waals surface area contributed by atoms with Crippen molar-refractivity contribution in [1.29, 1.82) is 0 Å². The molecular weight excluding hydrogens is 223 g/mol. The van der Waals surface area contributed by atoms with E-state index in [1.165, 1.54) is 6.07 Å². The van der Waals surface area contributed by atoms with Crippen LogP contribution in [0, 0.1) is 12.7 Å². The van der Waals surface area contributed by atoms with E-state index in [1.807, 2.05) is 6.92 Å². The maximum absolute atomic E-state index is 13.1. The number of nitrogens with zero attached hydrogens (tertiary/aromatic N) is 2. The summed E-state index contributed by atoms with van der Waals surface area (Å²) in [7, 11) is 0. The lowest BCUT2D eigenvalue weighted by molar-refractivity contribution is 0.628. The van der Waals surface area contributed by atoms with Gasteiger partial charge in [-0.3, -0.25) is 0 Å². The first-order valence-corrected chi connectivity index (χ1v) is 4.27. The zero-order chi connectivity index (χ0) is 8.72. The van der Waals surface area contributed by atoms with Gasteiger partial charge in [0.05, 0.1) is 0 Å². The van der Waals surface area contributed by atoms with E-state index in [9.17, 15) is 4.39 Å². The Morgan fingerprint density at radius 3 is 2.92 bits per heavy atom. The molecular formula is C8H6BrFN2. The molecule has 2 heterocycles. The van der Waals surface area contributed by atoms with Crippen molar-refractivity contribution in [3.8, 4) is 0 Å². The Balaban J connectivity index is 2.93. The van der Waals surface area contributed by atoms with Crippen molar-refractivity contribution in [3.63, 3.8) is 0 Å². The Morgan fingerprint density at radius 1 is 1.50 bits per heavy atom. The summed E-state index contributed by atoms with van der Waals surface area (Å²) in [5, 5.41) is 0. The van der Waals surface area contributed by atoms with Crippen LogP contribution >= 0.6 is 15.9 Å². The van der Waals surface area contributed by atoms with Crippen LogP contribution in [0.5, 0.6) is 0 Å². The van der Waals surface area contributed by atoms with Crippen LogP contribution in [0.2, 0.25) is 0 Å². The molecule has 2 aromatic rings. The number of hydrogen-bond acceptors (Lipinski definition) is 1. The highest BCUT2D eigenvalue weighted by Crippen LogP contribution is 2.15. The SMILES string of the molecule is Cc1ccc(F)c2nc(Br)cn12. The molecule has 2 nitrogen and oxygen atoms in total. The Labute approximate surface area is 77.2 Å². The van der Waals surface area contributed by atoms with Crippen molar-refractivity contribution in [3.05, 3.63) is 34.4 Å². The monoisotopic (exact) mass is 228 g/mol. The zero-order valence-corrected chi connectivity index (χ0v) is 7.97. The van der Waals surface area contributed by atoms with Crippen LogP contribution < -0.4 is 0 Å². The molecule has 2 aromatic heterocycles. The summed E-state index contributed by atoms with van der Waals surface area (Å²) < 4.78 is 15.4. The lowest BCUT2D eigenvalue weighted by atomic mass is 10.3. The molecule has 0 saturated carbocycles. The highest BCUT2D eigenvalue weighted by molar-refractivity contribution is 9.10. The van der Waals surface area contributed by atoms with E-state index >= 15 is 0 Å². The quantitative estimate of drug-likeness (QED) is 0.678. The first-order chi connectivity index (χ1) is 5.68. The van der Waals surface area contributed by atoms with Gasteiger partial charge in [-0.2, -0.15) is 0 Å². The maximum Gasteiger partial charge on any atom is 0.174 e. The van der Waals surface area contributed by atoms with Gasteiger partial charge in [0.25, 0.3) is 0 Å². The summed E-state index contributed by atoms with van der Waals surface area (Å²) in [6.07, 6.45) is 1.74. The third-order valence-electron chi connectivity index (χ3n) is 1.74. The van der Waals surface area contributed by atoms with E-state index < -0.39 is 0 Å². The summed E-state index contributed by atoms with van der Waals surface area (Å²) in [5.41, 5.74) is 1.33. The highest BCUT2D eigenvalue weighted by Gasteiger charge is 2.05. The van der Waals surface area contributed by atoms with Crippen molar-refractivity contribution in [2.45, 2.75) is 6.92 Å². The van der Waals surface area contributed by atoms with Gasteiger partial charge in [-0.05, 0) is 35.0 Å². The second-order valence-corrected chi connectivity index (χ2v) is 3.39. The van der Waals surface area contributed by atoms with Gasteiger partial charge >= 0.3 is 0 Å². The van der Waals surface area contributed by atoms with Crippen LogP contribution in [0.3, 0.4) is 0 Å². The van der Waals surface area contributed by atoms with Gasteiger partial charge < -0.3 is 4.40 Å². The molecule has 0 spiro atoms. The van der Waals surface area contributed by atoms with Crippen LogP contribution in [-0.4, -0.2) is 9.38 Å². The number of imidazole rings is 1. The average Bonchev–Trinajstić information content (AvgIpc) is 2.41. The molecule has 0 radical (unpaired) electrons. The number of hydrogen-bond donors (Lipinski definition) is 0. The fourth-order valence-electron chi connectivity index (χ4n) is 1.14. The van der Waals surface area contributed by atoms with Crippen molar-refractivity contribution < 1.29 is 4.39 Å². The first kappa shape index (κ1) is 7.73. The van der Waals surface area contributed by atoms with Gasteiger partial charge in [0.15, 0.2) is 11.5 Å². The van der Waals surface area contributed by atoms with Crippen LogP contribution in [0.1, 0.15) is 5.69 Å². The molecule has 0 aliphatic carbocycles. The van der Waals surface area contributed by atoms with Gasteiger partial charge in [0.2, 0.25) is 0 Å². The van der Waals surface area contributed by atoms with Crippen LogP contribution in [0.15, 0.2) is 22.9 Å². The number of pyridine rings is 1. The van der Waals surface area contributed by atoms with Crippen molar-refractivity contribution in [2.24, 2.45) is 0 Å². The summed E-state index contributed by atoms with van der Waals surface area (Å²) in [4.78, 5) is 3.98. The van der Waals surface area contributed by atoms with Crippen LogP contribution in [0.4, 0.5) is 4.39 Å². The maximum atomic E-state index is 13.1. The number of rotatable bonds is 0. The third kappa shape index (κ3) is 1.03. The molecule has 12 heavy (non-hydrogen) atoms. The summed E-state index contributed by atoms with van der Waals surface area (Å²) in [6, 6.07) is 3.14. The molecule has 0 unspecified atom stereocenters. The zero-order valence-electron chi connectivity index (χ0n) is 6.38. The molecule has 2 rings (SSSR count).